The van der Waals surface area contributed by atoms with Gasteiger partial charge in [0.1, 0.15) is 0 Å². The number of anilines is 3. The average molecular weight is 311 g/mol. The quantitative estimate of drug-likeness (QED) is 0.793. The van der Waals surface area contributed by atoms with Crippen LogP contribution in [-0.2, 0) is 11.2 Å². The van der Waals surface area contributed by atoms with Crippen LogP contribution in [0.5, 0.6) is 0 Å². The molecule has 0 unspecified atom stereocenters. The van der Waals surface area contributed by atoms with Crippen LogP contribution in [-0.4, -0.2) is 11.9 Å². The lowest BCUT2D eigenvalue weighted by Crippen LogP contribution is -2.20. The zero-order valence-corrected chi connectivity index (χ0v) is 13.6. The molecule has 0 aromatic heterocycles. The highest BCUT2D eigenvalue weighted by Gasteiger charge is 2.07. The van der Waals surface area contributed by atoms with E-state index < -0.39 is 0 Å². The van der Waals surface area contributed by atoms with E-state index in [2.05, 4.69) is 22.9 Å². The van der Waals surface area contributed by atoms with Gasteiger partial charge in [-0.1, -0.05) is 25.1 Å². The summed E-state index contributed by atoms with van der Waals surface area (Å²) in [5.74, 6) is -0.152. The largest absolute Gasteiger partial charge is 0.326 e. The Bertz CT molecular complexity index is 726. The van der Waals surface area contributed by atoms with E-state index in [-0.39, 0.29) is 11.9 Å². The lowest BCUT2D eigenvalue weighted by atomic mass is 10.1. The first-order chi connectivity index (χ1) is 11.0. The Hall–Kier alpha value is -2.82. The Morgan fingerprint density at radius 1 is 0.957 bits per heavy atom. The van der Waals surface area contributed by atoms with Gasteiger partial charge < -0.3 is 16.0 Å². The Labute approximate surface area is 136 Å². The summed E-state index contributed by atoms with van der Waals surface area (Å²) in [5.41, 5.74) is 4.12. The topological polar surface area (TPSA) is 70.2 Å². The Balaban J connectivity index is 2.08. The maximum atomic E-state index is 12.2. The van der Waals surface area contributed by atoms with Crippen LogP contribution in [0.15, 0.2) is 42.5 Å². The molecule has 0 atom stereocenters. The van der Waals surface area contributed by atoms with E-state index in [0.717, 1.165) is 23.2 Å². The van der Waals surface area contributed by atoms with Gasteiger partial charge in [-0.15, -0.1) is 0 Å². The summed E-state index contributed by atoms with van der Waals surface area (Å²) < 4.78 is 0. The van der Waals surface area contributed by atoms with Gasteiger partial charge in [-0.3, -0.25) is 4.79 Å². The Morgan fingerprint density at radius 2 is 1.70 bits per heavy atom. The van der Waals surface area contributed by atoms with Crippen molar-refractivity contribution in [3.63, 3.8) is 0 Å². The van der Waals surface area contributed by atoms with E-state index in [4.69, 9.17) is 0 Å². The minimum absolute atomic E-state index is 0.152. The van der Waals surface area contributed by atoms with Crippen molar-refractivity contribution in [2.24, 2.45) is 0 Å². The van der Waals surface area contributed by atoms with Gasteiger partial charge in [0.15, 0.2) is 0 Å². The lowest BCUT2D eigenvalue weighted by Gasteiger charge is -2.12. The molecule has 0 radical (unpaired) electrons. The van der Waals surface area contributed by atoms with Gasteiger partial charge in [0.05, 0.1) is 0 Å². The summed E-state index contributed by atoms with van der Waals surface area (Å²) in [4.78, 5) is 23.3. The average Bonchev–Trinajstić information content (AvgIpc) is 2.50. The molecule has 120 valence electrons. The van der Waals surface area contributed by atoms with Crippen molar-refractivity contribution in [2.45, 2.75) is 27.2 Å². The normalized spacial score (nSPS) is 10.0. The van der Waals surface area contributed by atoms with Gasteiger partial charge in [-0.05, 0) is 48.7 Å². The minimum Gasteiger partial charge on any atom is -0.326 e. The maximum absolute atomic E-state index is 12.2. The van der Waals surface area contributed by atoms with E-state index >= 15 is 0 Å². The molecule has 2 rings (SSSR count). The summed E-state index contributed by atoms with van der Waals surface area (Å²) in [7, 11) is 0. The van der Waals surface area contributed by atoms with Crippen LogP contribution in [0.1, 0.15) is 25.0 Å². The van der Waals surface area contributed by atoms with Crippen molar-refractivity contribution in [1.29, 1.82) is 0 Å². The Kier molecular flexibility index (Phi) is 5.36. The first-order valence-corrected chi connectivity index (χ1v) is 7.53. The molecule has 0 aliphatic rings. The van der Waals surface area contributed by atoms with E-state index in [9.17, 15) is 9.59 Å². The fourth-order valence-electron chi connectivity index (χ4n) is 2.19. The van der Waals surface area contributed by atoms with Crippen molar-refractivity contribution in [2.75, 3.05) is 16.0 Å². The first kappa shape index (κ1) is 16.5. The van der Waals surface area contributed by atoms with Gasteiger partial charge in [0.2, 0.25) is 5.91 Å². The molecule has 0 heterocycles. The number of hydrogen-bond donors (Lipinski definition) is 3. The molecule has 0 saturated heterocycles. The fourth-order valence-corrected chi connectivity index (χ4v) is 2.19. The highest BCUT2D eigenvalue weighted by Crippen LogP contribution is 2.21. The zero-order chi connectivity index (χ0) is 16.8. The highest BCUT2D eigenvalue weighted by atomic mass is 16.2. The molecule has 0 fully saturated rings. The number of nitrogens with one attached hydrogen (secondary N) is 3. The number of amides is 3. The predicted octanol–water partition coefficient (Wildman–Crippen LogP) is 4.16. The number of hydrogen-bond acceptors (Lipinski definition) is 2. The van der Waals surface area contributed by atoms with E-state index in [1.807, 2.05) is 37.3 Å². The van der Waals surface area contributed by atoms with Crippen molar-refractivity contribution in [1.82, 2.24) is 0 Å². The van der Waals surface area contributed by atoms with Crippen LogP contribution >= 0.6 is 0 Å². The third-order valence-corrected chi connectivity index (χ3v) is 3.40. The molecule has 3 amide bonds. The number of carbonyl (C=O) groups excluding carboxylic acids is 2. The van der Waals surface area contributed by atoms with Crippen molar-refractivity contribution < 1.29 is 9.59 Å². The summed E-state index contributed by atoms with van der Waals surface area (Å²) in [6.07, 6.45) is 0.912. The number of urea groups is 1. The van der Waals surface area contributed by atoms with E-state index in [1.165, 1.54) is 6.92 Å². The molecule has 0 aliphatic carbocycles. The van der Waals surface area contributed by atoms with Gasteiger partial charge in [0.25, 0.3) is 0 Å². The molecule has 0 saturated carbocycles. The summed E-state index contributed by atoms with van der Waals surface area (Å²) in [6.45, 7) is 5.40. The van der Waals surface area contributed by atoms with Gasteiger partial charge in [-0.25, -0.2) is 4.79 Å². The second-order valence-electron chi connectivity index (χ2n) is 5.34. The van der Waals surface area contributed by atoms with Crippen molar-refractivity contribution in [3.05, 3.63) is 53.6 Å². The summed E-state index contributed by atoms with van der Waals surface area (Å²) in [5, 5.41) is 8.32. The van der Waals surface area contributed by atoms with Crippen LogP contribution in [0.3, 0.4) is 0 Å². The molecule has 0 spiro atoms. The molecule has 5 heteroatoms. The Morgan fingerprint density at radius 3 is 2.39 bits per heavy atom. The minimum atomic E-state index is -0.318. The summed E-state index contributed by atoms with van der Waals surface area (Å²) >= 11 is 0. The standard InChI is InChI=1S/C18H21N3O2/c1-4-14-6-5-7-15(10-14)20-18(23)21-17-11-16(19-13(3)22)9-8-12(17)2/h5-11H,4H2,1-3H3,(H,19,22)(H2,20,21,23). The van der Waals surface area contributed by atoms with Gasteiger partial charge >= 0.3 is 6.03 Å². The smallest absolute Gasteiger partial charge is 0.323 e. The zero-order valence-electron chi connectivity index (χ0n) is 13.6. The van der Waals surface area contributed by atoms with Crippen LogP contribution in [0.2, 0.25) is 0 Å². The first-order valence-electron chi connectivity index (χ1n) is 7.53. The van der Waals surface area contributed by atoms with E-state index in [1.54, 1.807) is 12.1 Å². The third-order valence-electron chi connectivity index (χ3n) is 3.40. The number of carbonyl (C=O) groups is 2. The SMILES string of the molecule is CCc1cccc(NC(=O)Nc2cc(NC(C)=O)ccc2C)c1. The van der Waals surface area contributed by atoms with Crippen LogP contribution in [0.4, 0.5) is 21.9 Å². The number of benzene rings is 2. The molecule has 5 nitrogen and oxygen atoms in total. The van der Waals surface area contributed by atoms with Crippen LogP contribution < -0.4 is 16.0 Å². The van der Waals surface area contributed by atoms with Gasteiger partial charge in [-0.2, -0.15) is 0 Å². The summed E-state index contributed by atoms with van der Waals surface area (Å²) in [6, 6.07) is 12.8. The molecule has 0 aliphatic heterocycles. The van der Waals surface area contributed by atoms with Crippen LogP contribution in [0.25, 0.3) is 0 Å². The molecule has 2 aromatic carbocycles. The number of aryl methyl sites for hydroxylation is 2. The molecule has 3 N–H and O–H groups in total. The fraction of sp³-hybridized carbons (Fsp3) is 0.222. The van der Waals surface area contributed by atoms with Crippen molar-refractivity contribution in [3.8, 4) is 0 Å². The predicted molar refractivity (Wildman–Crippen MR) is 93.9 cm³/mol. The van der Waals surface area contributed by atoms with Crippen LogP contribution in [0, 0.1) is 6.92 Å². The van der Waals surface area contributed by atoms with Crippen molar-refractivity contribution >= 4 is 29.0 Å². The second kappa shape index (κ2) is 7.45. The second-order valence-corrected chi connectivity index (χ2v) is 5.34. The number of rotatable bonds is 4. The molecular weight excluding hydrogens is 290 g/mol. The molecular formula is C18H21N3O2. The van der Waals surface area contributed by atoms with E-state index in [0.29, 0.717) is 11.4 Å². The highest BCUT2D eigenvalue weighted by molar-refractivity contribution is 6.01. The van der Waals surface area contributed by atoms with Gasteiger partial charge in [0, 0.05) is 24.0 Å². The molecule has 23 heavy (non-hydrogen) atoms. The lowest BCUT2D eigenvalue weighted by molar-refractivity contribution is -0.114. The molecule has 2 aromatic rings. The third kappa shape index (κ3) is 4.85. The monoisotopic (exact) mass is 311 g/mol. The molecule has 0 bridgehead atoms. The maximum Gasteiger partial charge on any atom is 0.323 e.